The fraction of sp³-hybridized carbons (Fsp3) is 0.538. The highest BCUT2D eigenvalue weighted by Crippen LogP contribution is 2.32. The van der Waals surface area contributed by atoms with Gasteiger partial charge in [0.05, 0.1) is 6.61 Å². The molecular formula is C13H17NO. The number of piperidine rings is 1. The third-order valence-electron chi connectivity index (χ3n) is 3.53. The standard InChI is InChI=1S/C13H17NO/c1-2-12(10-3-6-14-7-4-10)9-13-11(1)5-8-15-13/h1-2,9-10,14H,3-8H2. The van der Waals surface area contributed by atoms with Crippen molar-refractivity contribution in [2.75, 3.05) is 19.7 Å². The van der Waals surface area contributed by atoms with Crippen LogP contribution in [0.4, 0.5) is 0 Å². The quantitative estimate of drug-likeness (QED) is 0.754. The molecule has 1 saturated heterocycles. The summed E-state index contributed by atoms with van der Waals surface area (Å²) in [5.41, 5.74) is 2.85. The van der Waals surface area contributed by atoms with Gasteiger partial charge >= 0.3 is 0 Å². The van der Waals surface area contributed by atoms with Gasteiger partial charge in [0.25, 0.3) is 0 Å². The Morgan fingerprint density at radius 3 is 2.93 bits per heavy atom. The summed E-state index contributed by atoms with van der Waals surface area (Å²) in [5, 5.41) is 3.41. The maximum absolute atomic E-state index is 5.61. The molecule has 2 nitrogen and oxygen atoms in total. The fourth-order valence-corrected chi connectivity index (χ4v) is 2.59. The molecule has 0 aliphatic carbocycles. The molecule has 2 aliphatic rings. The van der Waals surface area contributed by atoms with E-state index >= 15 is 0 Å². The first-order chi connectivity index (χ1) is 7.43. The van der Waals surface area contributed by atoms with Crippen molar-refractivity contribution in [3.05, 3.63) is 29.3 Å². The minimum atomic E-state index is 0.737. The molecular weight excluding hydrogens is 186 g/mol. The molecule has 2 aliphatic heterocycles. The second-order valence-electron chi connectivity index (χ2n) is 4.49. The van der Waals surface area contributed by atoms with Crippen molar-refractivity contribution in [2.24, 2.45) is 0 Å². The highest BCUT2D eigenvalue weighted by molar-refractivity contribution is 5.41. The zero-order chi connectivity index (χ0) is 10.1. The zero-order valence-corrected chi connectivity index (χ0v) is 8.96. The second-order valence-corrected chi connectivity index (χ2v) is 4.49. The molecule has 0 bridgehead atoms. The van der Waals surface area contributed by atoms with Crippen LogP contribution < -0.4 is 10.1 Å². The lowest BCUT2D eigenvalue weighted by Crippen LogP contribution is -2.26. The van der Waals surface area contributed by atoms with Crippen LogP contribution >= 0.6 is 0 Å². The molecule has 0 atom stereocenters. The average molecular weight is 203 g/mol. The summed E-state index contributed by atoms with van der Waals surface area (Å²) < 4.78 is 5.61. The van der Waals surface area contributed by atoms with Crippen molar-refractivity contribution in [3.8, 4) is 5.75 Å². The summed E-state index contributed by atoms with van der Waals surface area (Å²) in [6.45, 7) is 3.18. The highest BCUT2D eigenvalue weighted by atomic mass is 16.5. The Morgan fingerprint density at radius 1 is 1.20 bits per heavy atom. The molecule has 0 amide bonds. The number of benzene rings is 1. The van der Waals surface area contributed by atoms with Crippen LogP contribution in [-0.4, -0.2) is 19.7 Å². The SMILES string of the molecule is c1cc2c(cc1C1CCNCC1)OCC2. The third-order valence-corrected chi connectivity index (χ3v) is 3.53. The van der Waals surface area contributed by atoms with Crippen LogP contribution in [0.5, 0.6) is 5.75 Å². The largest absolute Gasteiger partial charge is 0.493 e. The van der Waals surface area contributed by atoms with Crippen LogP contribution in [0.3, 0.4) is 0 Å². The van der Waals surface area contributed by atoms with Gasteiger partial charge in [-0.05, 0) is 49.0 Å². The Balaban J connectivity index is 1.85. The smallest absolute Gasteiger partial charge is 0.122 e. The van der Waals surface area contributed by atoms with Gasteiger partial charge in [-0.25, -0.2) is 0 Å². The van der Waals surface area contributed by atoms with E-state index in [0.29, 0.717) is 0 Å². The molecule has 0 spiro atoms. The normalized spacial score (nSPS) is 21.1. The minimum Gasteiger partial charge on any atom is -0.493 e. The van der Waals surface area contributed by atoms with Crippen LogP contribution in [0.15, 0.2) is 18.2 Å². The number of nitrogens with one attached hydrogen (secondary N) is 1. The van der Waals surface area contributed by atoms with E-state index in [2.05, 4.69) is 23.5 Å². The number of fused-ring (bicyclic) bond motifs is 1. The number of rotatable bonds is 1. The van der Waals surface area contributed by atoms with Gasteiger partial charge in [0.1, 0.15) is 5.75 Å². The van der Waals surface area contributed by atoms with Crippen LogP contribution in [0.1, 0.15) is 29.9 Å². The lowest BCUT2D eigenvalue weighted by molar-refractivity contribution is 0.356. The first kappa shape index (κ1) is 9.22. The predicted octanol–water partition coefficient (Wildman–Crippen LogP) is 2.09. The van der Waals surface area contributed by atoms with E-state index in [1.165, 1.54) is 24.0 Å². The summed E-state index contributed by atoms with van der Waals surface area (Å²) >= 11 is 0. The first-order valence-electron chi connectivity index (χ1n) is 5.90. The van der Waals surface area contributed by atoms with Gasteiger partial charge in [0.2, 0.25) is 0 Å². The van der Waals surface area contributed by atoms with Crippen LogP contribution in [0, 0.1) is 0 Å². The molecule has 0 radical (unpaired) electrons. The molecule has 1 aromatic carbocycles. The summed E-state index contributed by atoms with van der Waals surface area (Å²) in [6.07, 6.45) is 3.61. The first-order valence-corrected chi connectivity index (χ1v) is 5.90. The van der Waals surface area contributed by atoms with Crippen LogP contribution in [-0.2, 0) is 6.42 Å². The summed E-state index contributed by atoms with van der Waals surface area (Å²) in [6, 6.07) is 6.81. The molecule has 1 N–H and O–H groups in total. The van der Waals surface area contributed by atoms with Gasteiger partial charge in [0, 0.05) is 6.42 Å². The van der Waals surface area contributed by atoms with Crippen LogP contribution in [0.25, 0.3) is 0 Å². The van der Waals surface area contributed by atoms with Gasteiger partial charge in [-0.3, -0.25) is 0 Å². The van der Waals surface area contributed by atoms with E-state index in [9.17, 15) is 0 Å². The highest BCUT2D eigenvalue weighted by Gasteiger charge is 2.18. The molecule has 0 aromatic heterocycles. The third kappa shape index (κ3) is 1.74. The summed E-state index contributed by atoms with van der Waals surface area (Å²) in [5.74, 6) is 1.87. The van der Waals surface area contributed by atoms with E-state index in [4.69, 9.17) is 4.74 Å². The van der Waals surface area contributed by atoms with E-state index in [-0.39, 0.29) is 0 Å². The maximum atomic E-state index is 5.61. The zero-order valence-electron chi connectivity index (χ0n) is 8.96. The van der Waals surface area contributed by atoms with E-state index in [0.717, 1.165) is 37.8 Å². The van der Waals surface area contributed by atoms with E-state index < -0.39 is 0 Å². The number of hydrogen-bond acceptors (Lipinski definition) is 2. The molecule has 80 valence electrons. The molecule has 0 saturated carbocycles. The van der Waals surface area contributed by atoms with E-state index in [1.807, 2.05) is 0 Å². The Hall–Kier alpha value is -1.02. The van der Waals surface area contributed by atoms with Gasteiger partial charge in [-0.15, -0.1) is 0 Å². The molecule has 0 unspecified atom stereocenters. The Bertz CT molecular complexity index is 356. The van der Waals surface area contributed by atoms with Crippen molar-refractivity contribution >= 4 is 0 Å². The topological polar surface area (TPSA) is 21.3 Å². The van der Waals surface area contributed by atoms with Gasteiger partial charge in [0.15, 0.2) is 0 Å². The minimum absolute atomic E-state index is 0.737. The monoisotopic (exact) mass is 203 g/mol. The fourth-order valence-electron chi connectivity index (χ4n) is 2.59. The summed E-state index contributed by atoms with van der Waals surface area (Å²) in [4.78, 5) is 0. The molecule has 2 heterocycles. The Labute approximate surface area is 90.6 Å². The number of hydrogen-bond donors (Lipinski definition) is 1. The molecule has 3 rings (SSSR count). The Kier molecular flexibility index (Phi) is 2.37. The molecule has 2 heteroatoms. The molecule has 1 aromatic rings. The Morgan fingerprint density at radius 2 is 2.07 bits per heavy atom. The van der Waals surface area contributed by atoms with E-state index in [1.54, 1.807) is 0 Å². The van der Waals surface area contributed by atoms with Crippen molar-refractivity contribution in [1.29, 1.82) is 0 Å². The lowest BCUT2D eigenvalue weighted by atomic mass is 9.89. The maximum Gasteiger partial charge on any atom is 0.122 e. The van der Waals surface area contributed by atoms with Gasteiger partial charge < -0.3 is 10.1 Å². The van der Waals surface area contributed by atoms with Crippen molar-refractivity contribution in [3.63, 3.8) is 0 Å². The van der Waals surface area contributed by atoms with Crippen molar-refractivity contribution < 1.29 is 4.74 Å². The van der Waals surface area contributed by atoms with Crippen LogP contribution in [0.2, 0.25) is 0 Å². The van der Waals surface area contributed by atoms with Gasteiger partial charge in [-0.1, -0.05) is 12.1 Å². The molecule has 1 fully saturated rings. The summed E-state index contributed by atoms with van der Waals surface area (Å²) in [7, 11) is 0. The van der Waals surface area contributed by atoms with Crippen molar-refractivity contribution in [2.45, 2.75) is 25.2 Å². The molecule has 15 heavy (non-hydrogen) atoms. The van der Waals surface area contributed by atoms with Crippen molar-refractivity contribution in [1.82, 2.24) is 5.32 Å². The second kappa shape index (κ2) is 3.86. The lowest BCUT2D eigenvalue weighted by Gasteiger charge is -2.23. The average Bonchev–Trinajstić information content (AvgIpc) is 2.77. The predicted molar refractivity (Wildman–Crippen MR) is 60.5 cm³/mol. The van der Waals surface area contributed by atoms with Gasteiger partial charge in [-0.2, -0.15) is 0 Å². The number of ether oxygens (including phenoxy) is 1.